The van der Waals surface area contributed by atoms with Crippen molar-refractivity contribution in [2.24, 2.45) is 9.98 Å². The van der Waals surface area contributed by atoms with Gasteiger partial charge in [0.25, 0.3) is 0 Å². The summed E-state index contributed by atoms with van der Waals surface area (Å²) in [6.07, 6.45) is 7.48. The van der Waals surface area contributed by atoms with Crippen molar-refractivity contribution in [1.82, 2.24) is 0 Å². The highest BCUT2D eigenvalue weighted by Crippen LogP contribution is 2.37. The predicted octanol–water partition coefficient (Wildman–Crippen LogP) is 6.35. The molecule has 2 aliphatic rings. The van der Waals surface area contributed by atoms with Crippen LogP contribution in [0.25, 0.3) is 0 Å². The molecule has 0 unspecified atom stereocenters. The summed E-state index contributed by atoms with van der Waals surface area (Å²) in [5.41, 5.74) is 3.06. The highest BCUT2D eigenvalue weighted by atomic mass is 16.6. The van der Waals surface area contributed by atoms with Crippen molar-refractivity contribution < 1.29 is 29.2 Å². The number of nitrogens with zero attached hydrogens (tertiary/aromatic N) is 2. The van der Waals surface area contributed by atoms with Gasteiger partial charge in [0.15, 0.2) is 23.0 Å². The number of aliphatic imine (C=N–C) groups is 2. The maximum absolute atomic E-state index is 11.1. The molecule has 230 valence electrons. The first kappa shape index (κ1) is 31.8. The van der Waals surface area contributed by atoms with E-state index in [4.69, 9.17) is 28.9 Å². The van der Waals surface area contributed by atoms with Gasteiger partial charge in [-0.25, -0.2) is 0 Å². The summed E-state index contributed by atoms with van der Waals surface area (Å²) in [6, 6.07) is 7.68. The van der Waals surface area contributed by atoms with E-state index in [2.05, 4.69) is 41.5 Å². The van der Waals surface area contributed by atoms with Gasteiger partial charge in [-0.2, -0.15) is 0 Å². The van der Waals surface area contributed by atoms with E-state index in [1.807, 2.05) is 24.3 Å². The number of ether oxygens (including phenoxy) is 4. The summed E-state index contributed by atoms with van der Waals surface area (Å²) in [7, 11) is 0. The van der Waals surface area contributed by atoms with Crippen LogP contribution in [0.15, 0.2) is 34.3 Å². The molecule has 1 aliphatic heterocycles. The van der Waals surface area contributed by atoms with E-state index < -0.39 is 0 Å². The SMILES string of the molecule is CC(C)(C)c1cc2c(O)c(c1)OCCOCCOCCOc1cc(C(C)(C)C)cc(c1O)C=N[C@H]1CCCC[C@@H]1N=C2. The molecule has 1 aliphatic carbocycles. The Bertz CT molecular complexity index is 1160. The zero-order valence-electron chi connectivity index (χ0n) is 26.1. The normalized spacial score (nSPS) is 21.3. The van der Waals surface area contributed by atoms with Gasteiger partial charge in [-0.3, -0.25) is 9.98 Å². The fourth-order valence-corrected chi connectivity index (χ4v) is 5.08. The van der Waals surface area contributed by atoms with E-state index in [0.29, 0.717) is 62.3 Å². The van der Waals surface area contributed by atoms with E-state index in [-0.39, 0.29) is 34.4 Å². The molecule has 2 N–H and O–H groups in total. The van der Waals surface area contributed by atoms with E-state index in [9.17, 15) is 10.2 Å². The Balaban J connectivity index is 1.70. The molecule has 0 aromatic heterocycles. The van der Waals surface area contributed by atoms with Crippen molar-refractivity contribution in [3.8, 4) is 23.0 Å². The largest absolute Gasteiger partial charge is 0.504 e. The van der Waals surface area contributed by atoms with E-state index in [1.54, 1.807) is 12.4 Å². The van der Waals surface area contributed by atoms with Gasteiger partial charge in [0.05, 0.1) is 38.5 Å². The lowest BCUT2D eigenvalue weighted by Gasteiger charge is -2.26. The standard InChI is InChI=1S/C34H48N2O6/c1-33(2,3)25-17-23-21-35-27-9-7-8-10-28(27)36-22-24-18-26(34(4,5)6)20-30(32(24)38)42-16-14-40-12-11-39-13-15-41-29(19-25)31(23)37/h17-22,27-28,37-38H,7-16H2,1-6H3/t27-,28-/m0/s1. The molecule has 1 saturated carbocycles. The third-order valence-corrected chi connectivity index (χ3v) is 7.79. The molecule has 42 heavy (non-hydrogen) atoms. The first-order chi connectivity index (χ1) is 19.9. The first-order valence-corrected chi connectivity index (χ1v) is 15.2. The summed E-state index contributed by atoms with van der Waals surface area (Å²) < 4.78 is 23.2. The summed E-state index contributed by atoms with van der Waals surface area (Å²) >= 11 is 0. The second-order valence-electron chi connectivity index (χ2n) is 13.2. The van der Waals surface area contributed by atoms with Gasteiger partial charge >= 0.3 is 0 Å². The number of hydrogen-bond acceptors (Lipinski definition) is 8. The second kappa shape index (κ2) is 13.9. The van der Waals surface area contributed by atoms with Gasteiger partial charge in [-0.15, -0.1) is 0 Å². The van der Waals surface area contributed by atoms with Crippen LogP contribution in [0.3, 0.4) is 0 Å². The Hall–Kier alpha value is -3.10. The molecular formula is C34H48N2O6. The van der Waals surface area contributed by atoms with Crippen molar-refractivity contribution in [3.63, 3.8) is 0 Å². The number of benzene rings is 2. The van der Waals surface area contributed by atoms with Crippen molar-refractivity contribution in [1.29, 1.82) is 0 Å². The molecule has 0 spiro atoms. The lowest BCUT2D eigenvalue weighted by molar-refractivity contribution is 0.0269. The molecule has 8 nitrogen and oxygen atoms in total. The Kier molecular flexibility index (Phi) is 10.5. The minimum atomic E-state index is -0.142. The monoisotopic (exact) mass is 580 g/mol. The van der Waals surface area contributed by atoms with Crippen LogP contribution in [-0.2, 0) is 20.3 Å². The fraction of sp³-hybridized carbons (Fsp3) is 0.588. The third-order valence-electron chi connectivity index (χ3n) is 7.79. The van der Waals surface area contributed by atoms with Gasteiger partial charge < -0.3 is 29.2 Å². The average molecular weight is 581 g/mol. The highest BCUT2D eigenvalue weighted by Gasteiger charge is 2.25. The van der Waals surface area contributed by atoms with Crippen molar-refractivity contribution >= 4 is 12.4 Å². The molecule has 1 fully saturated rings. The maximum Gasteiger partial charge on any atom is 0.166 e. The molecule has 8 heteroatoms. The van der Waals surface area contributed by atoms with Crippen molar-refractivity contribution in [2.45, 2.75) is 90.1 Å². The fourth-order valence-electron chi connectivity index (χ4n) is 5.08. The molecule has 0 radical (unpaired) electrons. The van der Waals surface area contributed by atoms with Gasteiger partial charge in [-0.05, 0) is 59.1 Å². The number of phenols is 2. The van der Waals surface area contributed by atoms with Gasteiger partial charge in [0.1, 0.15) is 13.2 Å². The summed E-state index contributed by atoms with van der Waals surface area (Å²) in [6.45, 7) is 14.9. The average Bonchev–Trinajstić information content (AvgIpc) is 2.93. The van der Waals surface area contributed by atoms with Crippen LogP contribution < -0.4 is 9.47 Å². The minimum Gasteiger partial charge on any atom is -0.504 e. The number of fused-ring (bicyclic) bond motifs is 5. The molecule has 2 atom stereocenters. The Morgan fingerprint density at radius 2 is 0.976 bits per heavy atom. The smallest absolute Gasteiger partial charge is 0.166 e. The topological polar surface area (TPSA) is 102 Å². The van der Waals surface area contributed by atoms with E-state index in [0.717, 1.165) is 36.8 Å². The zero-order chi connectivity index (χ0) is 30.3. The molecule has 1 heterocycles. The molecule has 4 rings (SSSR count). The highest BCUT2D eigenvalue weighted by molar-refractivity contribution is 5.86. The quantitative estimate of drug-likeness (QED) is 0.377. The first-order valence-electron chi connectivity index (χ1n) is 15.2. The number of rotatable bonds is 0. The zero-order valence-corrected chi connectivity index (χ0v) is 26.1. The van der Waals surface area contributed by atoms with Crippen molar-refractivity contribution in [3.05, 3.63) is 46.5 Å². The number of hydrogen-bond donors (Lipinski definition) is 2. The Morgan fingerprint density at radius 3 is 1.36 bits per heavy atom. The predicted molar refractivity (Wildman–Crippen MR) is 167 cm³/mol. The van der Waals surface area contributed by atoms with Crippen LogP contribution in [0, 0.1) is 0 Å². The van der Waals surface area contributed by atoms with Crippen LogP contribution in [-0.4, -0.2) is 74.4 Å². The van der Waals surface area contributed by atoms with Crippen LogP contribution in [0.2, 0.25) is 0 Å². The Labute approximate surface area is 250 Å². The molecule has 4 bridgehead atoms. The van der Waals surface area contributed by atoms with Crippen LogP contribution in [0.5, 0.6) is 23.0 Å². The molecular weight excluding hydrogens is 532 g/mol. The second-order valence-corrected chi connectivity index (χ2v) is 13.2. The van der Waals surface area contributed by atoms with Crippen LogP contribution >= 0.6 is 0 Å². The summed E-state index contributed by atoms with van der Waals surface area (Å²) in [5, 5.41) is 22.2. The van der Waals surface area contributed by atoms with E-state index >= 15 is 0 Å². The van der Waals surface area contributed by atoms with Crippen molar-refractivity contribution in [2.75, 3.05) is 39.6 Å². The minimum absolute atomic E-state index is 0.0378. The van der Waals surface area contributed by atoms with Gasteiger partial charge in [0, 0.05) is 23.6 Å². The van der Waals surface area contributed by atoms with Crippen LogP contribution in [0.1, 0.15) is 89.5 Å². The lowest BCUT2D eigenvalue weighted by atomic mass is 9.85. The lowest BCUT2D eigenvalue weighted by Crippen LogP contribution is -2.27. The molecule has 0 saturated heterocycles. The van der Waals surface area contributed by atoms with Gasteiger partial charge in [0.2, 0.25) is 0 Å². The van der Waals surface area contributed by atoms with Gasteiger partial charge in [-0.1, -0.05) is 54.4 Å². The Morgan fingerprint density at radius 1 is 0.595 bits per heavy atom. The summed E-state index contributed by atoms with van der Waals surface area (Å²) in [5.74, 6) is 0.992. The molecule has 2 aromatic carbocycles. The van der Waals surface area contributed by atoms with Crippen LogP contribution in [0.4, 0.5) is 0 Å². The number of aromatic hydroxyl groups is 2. The number of phenolic OH excluding ortho intramolecular Hbond substituents is 2. The summed E-state index contributed by atoms with van der Waals surface area (Å²) in [4.78, 5) is 9.89. The molecule has 0 amide bonds. The molecule has 2 aromatic rings. The van der Waals surface area contributed by atoms with E-state index in [1.165, 1.54) is 0 Å². The maximum atomic E-state index is 11.1. The third kappa shape index (κ3) is 8.48.